The van der Waals surface area contributed by atoms with E-state index in [0.29, 0.717) is 23.5 Å². The van der Waals surface area contributed by atoms with Crippen LogP contribution < -0.4 is 4.74 Å². The summed E-state index contributed by atoms with van der Waals surface area (Å²) in [4.78, 5) is 4.05. The van der Waals surface area contributed by atoms with Gasteiger partial charge < -0.3 is 9.84 Å². The average Bonchev–Trinajstić information content (AvgIpc) is 2.64. The average molecular weight is 316 g/mol. The molecular weight excluding hydrogens is 300 g/mol. The fraction of sp³-hybridized carbons (Fsp3) is 0.100. The second-order valence-corrected chi connectivity index (χ2v) is 5.39. The highest BCUT2D eigenvalue weighted by atomic mass is 16.5. The molecule has 0 radical (unpaired) electrons. The lowest BCUT2D eigenvalue weighted by molar-refractivity contribution is 0.178. The van der Waals surface area contributed by atoms with Crippen LogP contribution in [0.5, 0.6) is 11.5 Å². The van der Waals surface area contributed by atoms with Gasteiger partial charge in [-0.05, 0) is 53.6 Å². The molecule has 0 saturated carbocycles. The Morgan fingerprint density at radius 1 is 1.00 bits per heavy atom. The molecule has 3 rings (SSSR count). The van der Waals surface area contributed by atoms with E-state index in [4.69, 9.17) is 10.00 Å². The summed E-state index contributed by atoms with van der Waals surface area (Å²) in [7, 11) is 0. The Labute approximate surface area is 140 Å². The van der Waals surface area contributed by atoms with Crippen LogP contribution in [0.1, 0.15) is 22.8 Å². The molecule has 0 aliphatic rings. The molecule has 4 heteroatoms. The smallest absolute Gasteiger partial charge is 0.127 e. The first-order valence-electron chi connectivity index (χ1n) is 7.59. The summed E-state index contributed by atoms with van der Waals surface area (Å²) in [6, 6.07) is 20.1. The third-order valence-electron chi connectivity index (χ3n) is 3.64. The molecule has 24 heavy (non-hydrogen) atoms. The quantitative estimate of drug-likeness (QED) is 0.772. The van der Waals surface area contributed by atoms with Crippen LogP contribution in [-0.4, -0.2) is 10.1 Å². The molecule has 0 bridgehead atoms. The van der Waals surface area contributed by atoms with E-state index in [0.717, 1.165) is 11.1 Å². The molecule has 1 aromatic heterocycles. The molecular formula is C20H16N2O2. The van der Waals surface area contributed by atoms with Crippen molar-refractivity contribution >= 4 is 0 Å². The fourth-order valence-corrected chi connectivity index (χ4v) is 2.35. The number of aromatic nitrogens is 1. The molecule has 118 valence electrons. The first-order valence-corrected chi connectivity index (χ1v) is 7.59. The minimum absolute atomic E-state index is 0.518. The zero-order valence-corrected chi connectivity index (χ0v) is 13.0. The maximum absolute atomic E-state index is 10.3. The summed E-state index contributed by atoms with van der Waals surface area (Å²) in [6.07, 6.45) is 3.40. The van der Waals surface area contributed by atoms with Crippen molar-refractivity contribution in [2.75, 3.05) is 0 Å². The first-order chi connectivity index (χ1) is 11.7. The Balaban J connectivity index is 1.65. The van der Waals surface area contributed by atoms with Crippen molar-refractivity contribution in [2.24, 2.45) is 0 Å². The van der Waals surface area contributed by atoms with Gasteiger partial charge in [0.25, 0.3) is 0 Å². The zero-order valence-electron chi connectivity index (χ0n) is 13.0. The summed E-state index contributed by atoms with van der Waals surface area (Å²) < 4.78 is 5.73. The molecule has 0 saturated heterocycles. The normalized spacial score (nSPS) is 11.5. The number of pyridine rings is 1. The van der Waals surface area contributed by atoms with E-state index in [1.54, 1.807) is 36.7 Å². The molecule has 1 heterocycles. The number of nitrogens with zero attached hydrogens (tertiary/aromatic N) is 2. The van der Waals surface area contributed by atoms with E-state index < -0.39 is 6.10 Å². The third kappa shape index (κ3) is 3.97. The number of hydrogen-bond acceptors (Lipinski definition) is 4. The van der Waals surface area contributed by atoms with Crippen molar-refractivity contribution in [1.29, 1.82) is 5.26 Å². The van der Waals surface area contributed by atoms with Crippen molar-refractivity contribution in [1.82, 2.24) is 4.98 Å². The highest BCUT2D eigenvalue weighted by Gasteiger charge is 2.09. The molecule has 1 N–H and O–H groups in total. The standard InChI is InChI=1S/C20H16N2O2/c21-13-15-3-7-18(8-4-15)24-19-9-5-17(6-10-19)20(23)12-16-2-1-11-22-14-16/h1-11,14,20,23H,12H2. The van der Waals surface area contributed by atoms with Crippen molar-refractivity contribution in [3.8, 4) is 17.6 Å². The summed E-state index contributed by atoms with van der Waals surface area (Å²) in [6.45, 7) is 0. The van der Waals surface area contributed by atoms with E-state index in [1.165, 1.54) is 0 Å². The Morgan fingerprint density at radius 2 is 1.67 bits per heavy atom. The van der Waals surface area contributed by atoms with Gasteiger partial charge in [0.05, 0.1) is 17.7 Å². The Morgan fingerprint density at radius 3 is 2.25 bits per heavy atom. The largest absolute Gasteiger partial charge is 0.457 e. The van der Waals surface area contributed by atoms with E-state index in [1.807, 2.05) is 36.4 Å². The summed E-state index contributed by atoms with van der Waals surface area (Å²) in [5.74, 6) is 1.34. The van der Waals surface area contributed by atoms with Crippen LogP contribution in [0.25, 0.3) is 0 Å². The Hall–Kier alpha value is -3.16. The molecule has 4 nitrogen and oxygen atoms in total. The number of aliphatic hydroxyl groups is 1. The summed E-state index contributed by atoms with van der Waals surface area (Å²) in [5.41, 5.74) is 2.41. The van der Waals surface area contributed by atoms with Gasteiger partial charge in [-0.1, -0.05) is 18.2 Å². The number of hydrogen-bond donors (Lipinski definition) is 1. The lowest BCUT2D eigenvalue weighted by Gasteiger charge is -2.12. The predicted molar refractivity (Wildman–Crippen MR) is 90.6 cm³/mol. The Bertz CT molecular complexity index is 822. The monoisotopic (exact) mass is 316 g/mol. The van der Waals surface area contributed by atoms with E-state index in [9.17, 15) is 5.11 Å². The van der Waals surface area contributed by atoms with Gasteiger partial charge >= 0.3 is 0 Å². The van der Waals surface area contributed by atoms with Gasteiger partial charge in [-0.15, -0.1) is 0 Å². The highest BCUT2D eigenvalue weighted by molar-refractivity contribution is 5.38. The SMILES string of the molecule is N#Cc1ccc(Oc2ccc(C(O)Cc3cccnc3)cc2)cc1. The van der Waals surface area contributed by atoms with Crippen LogP contribution in [0.4, 0.5) is 0 Å². The maximum atomic E-state index is 10.3. The van der Waals surface area contributed by atoms with E-state index in [2.05, 4.69) is 11.1 Å². The van der Waals surface area contributed by atoms with Crippen LogP contribution in [0, 0.1) is 11.3 Å². The molecule has 1 atom stereocenters. The molecule has 2 aromatic carbocycles. The summed E-state index contributed by atoms with van der Waals surface area (Å²) in [5, 5.41) is 19.1. The van der Waals surface area contributed by atoms with Crippen LogP contribution in [0.2, 0.25) is 0 Å². The van der Waals surface area contributed by atoms with Crippen molar-refractivity contribution in [3.63, 3.8) is 0 Å². The van der Waals surface area contributed by atoms with Crippen molar-refractivity contribution < 1.29 is 9.84 Å². The van der Waals surface area contributed by atoms with E-state index >= 15 is 0 Å². The van der Waals surface area contributed by atoms with Crippen molar-refractivity contribution in [2.45, 2.75) is 12.5 Å². The van der Waals surface area contributed by atoms with E-state index in [-0.39, 0.29) is 0 Å². The fourth-order valence-electron chi connectivity index (χ4n) is 2.35. The molecule has 0 amide bonds. The second-order valence-electron chi connectivity index (χ2n) is 5.39. The second kappa shape index (κ2) is 7.40. The number of rotatable bonds is 5. The molecule has 0 fully saturated rings. The number of ether oxygens (including phenoxy) is 1. The van der Waals surface area contributed by atoms with Gasteiger partial charge in [0, 0.05) is 18.8 Å². The van der Waals surface area contributed by atoms with Gasteiger partial charge in [-0.25, -0.2) is 0 Å². The predicted octanol–water partition coefficient (Wildman–Crippen LogP) is 4.02. The highest BCUT2D eigenvalue weighted by Crippen LogP contribution is 2.25. The minimum atomic E-state index is -0.585. The maximum Gasteiger partial charge on any atom is 0.127 e. The number of benzene rings is 2. The van der Waals surface area contributed by atoms with Gasteiger partial charge in [0.15, 0.2) is 0 Å². The topological polar surface area (TPSA) is 66.1 Å². The molecule has 0 aliphatic heterocycles. The van der Waals surface area contributed by atoms with Crippen LogP contribution in [-0.2, 0) is 6.42 Å². The van der Waals surface area contributed by atoms with Crippen LogP contribution >= 0.6 is 0 Å². The lowest BCUT2D eigenvalue weighted by atomic mass is 10.0. The Kier molecular flexibility index (Phi) is 4.85. The van der Waals surface area contributed by atoms with Crippen molar-refractivity contribution in [3.05, 3.63) is 89.7 Å². The molecule has 1 unspecified atom stereocenters. The number of aliphatic hydroxyl groups excluding tert-OH is 1. The zero-order chi connectivity index (χ0) is 16.8. The lowest BCUT2D eigenvalue weighted by Crippen LogP contribution is -2.01. The number of nitriles is 1. The van der Waals surface area contributed by atoms with Gasteiger partial charge in [-0.2, -0.15) is 5.26 Å². The van der Waals surface area contributed by atoms with Gasteiger partial charge in [0.2, 0.25) is 0 Å². The van der Waals surface area contributed by atoms with Gasteiger partial charge in [0.1, 0.15) is 11.5 Å². The minimum Gasteiger partial charge on any atom is -0.457 e. The first kappa shape index (κ1) is 15.7. The molecule has 0 spiro atoms. The van der Waals surface area contributed by atoms with Crippen LogP contribution in [0.3, 0.4) is 0 Å². The van der Waals surface area contributed by atoms with Crippen LogP contribution in [0.15, 0.2) is 73.1 Å². The summed E-state index contributed by atoms with van der Waals surface area (Å²) >= 11 is 0. The van der Waals surface area contributed by atoms with Gasteiger partial charge in [-0.3, -0.25) is 4.98 Å². The molecule has 3 aromatic rings. The molecule has 0 aliphatic carbocycles. The third-order valence-corrected chi connectivity index (χ3v) is 3.64.